The summed E-state index contributed by atoms with van der Waals surface area (Å²) in [6.45, 7) is 1.16. The minimum atomic E-state index is -1.31. The molecule has 88 valence electrons. The molecular formula is C8H11N3O4S. The van der Waals surface area contributed by atoms with E-state index in [1.807, 2.05) is 6.92 Å². The molecule has 0 aliphatic carbocycles. The van der Waals surface area contributed by atoms with E-state index < -0.39 is 24.5 Å². The van der Waals surface area contributed by atoms with E-state index in [-0.39, 0.29) is 4.88 Å². The molecule has 1 amide bonds. The zero-order chi connectivity index (χ0) is 12.1. The van der Waals surface area contributed by atoms with E-state index in [0.717, 1.165) is 11.5 Å². The fourth-order valence-electron chi connectivity index (χ4n) is 1.02. The predicted octanol–water partition coefficient (Wildman–Crippen LogP) is -0.724. The highest BCUT2D eigenvalue weighted by Crippen LogP contribution is 2.10. The first-order chi connectivity index (χ1) is 7.60. The van der Waals surface area contributed by atoms with Crippen LogP contribution >= 0.6 is 11.5 Å². The van der Waals surface area contributed by atoms with Crippen molar-refractivity contribution in [2.45, 2.75) is 19.4 Å². The Morgan fingerprint density at radius 2 is 2.25 bits per heavy atom. The molecule has 0 saturated carbocycles. The summed E-state index contributed by atoms with van der Waals surface area (Å²) in [4.78, 5) is 22.5. The largest absolute Gasteiger partial charge is 0.480 e. The van der Waals surface area contributed by atoms with Gasteiger partial charge in [0.25, 0.3) is 5.91 Å². The number of hydrogen-bond acceptors (Lipinski definition) is 6. The van der Waals surface area contributed by atoms with Crippen LogP contribution in [0.2, 0.25) is 0 Å². The fourth-order valence-corrected chi connectivity index (χ4v) is 1.68. The molecule has 0 fully saturated rings. The minimum absolute atomic E-state index is 0.280. The van der Waals surface area contributed by atoms with Crippen molar-refractivity contribution in [3.8, 4) is 0 Å². The first kappa shape index (κ1) is 12.5. The topological polar surface area (TPSA) is 112 Å². The van der Waals surface area contributed by atoms with Crippen molar-refractivity contribution in [1.29, 1.82) is 0 Å². The normalized spacial score (nSPS) is 12.1. The first-order valence-corrected chi connectivity index (χ1v) is 5.33. The maximum Gasteiger partial charge on any atom is 0.328 e. The molecule has 1 atom stereocenters. The molecule has 1 aromatic heterocycles. The Balaban J connectivity index is 2.75. The highest BCUT2D eigenvalue weighted by molar-refractivity contribution is 7.08. The highest BCUT2D eigenvalue weighted by atomic mass is 32.1. The van der Waals surface area contributed by atoms with Gasteiger partial charge < -0.3 is 15.5 Å². The summed E-state index contributed by atoms with van der Waals surface area (Å²) >= 11 is 0.899. The molecule has 1 aromatic rings. The Hall–Kier alpha value is -1.54. The van der Waals surface area contributed by atoms with E-state index in [4.69, 9.17) is 10.2 Å². The number of aliphatic hydroxyl groups excluding tert-OH is 1. The van der Waals surface area contributed by atoms with Crippen LogP contribution in [-0.4, -0.2) is 44.3 Å². The van der Waals surface area contributed by atoms with Gasteiger partial charge >= 0.3 is 5.97 Å². The van der Waals surface area contributed by atoms with Crippen molar-refractivity contribution >= 4 is 23.4 Å². The van der Waals surface area contributed by atoms with Crippen LogP contribution in [0.25, 0.3) is 0 Å². The van der Waals surface area contributed by atoms with Crippen molar-refractivity contribution in [3.05, 3.63) is 10.6 Å². The molecule has 0 aliphatic rings. The summed E-state index contributed by atoms with van der Waals surface area (Å²) in [5.74, 6) is -1.86. The molecule has 0 aromatic carbocycles. The Morgan fingerprint density at radius 1 is 1.56 bits per heavy atom. The van der Waals surface area contributed by atoms with Gasteiger partial charge in [0.2, 0.25) is 0 Å². The third kappa shape index (κ3) is 2.74. The maximum absolute atomic E-state index is 11.6. The molecule has 0 spiro atoms. The number of aliphatic carboxylic acids is 1. The first-order valence-electron chi connectivity index (χ1n) is 4.55. The molecule has 1 rings (SSSR count). The number of rotatable bonds is 5. The number of carbonyl (C=O) groups excluding carboxylic acids is 1. The smallest absolute Gasteiger partial charge is 0.328 e. The van der Waals surface area contributed by atoms with Crippen molar-refractivity contribution in [2.75, 3.05) is 6.61 Å². The maximum atomic E-state index is 11.6. The molecule has 0 saturated heterocycles. The van der Waals surface area contributed by atoms with E-state index in [1.54, 1.807) is 0 Å². The van der Waals surface area contributed by atoms with Gasteiger partial charge in [-0.25, -0.2) is 4.79 Å². The number of aromatic nitrogens is 2. The Bertz CT molecular complexity index is 392. The lowest BCUT2D eigenvalue weighted by molar-refractivity contribution is -0.140. The van der Waals surface area contributed by atoms with Crippen LogP contribution in [0.15, 0.2) is 0 Å². The van der Waals surface area contributed by atoms with Crippen LogP contribution in [0.4, 0.5) is 0 Å². The second-order valence-electron chi connectivity index (χ2n) is 2.95. The minimum Gasteiger partial charge on any atom is -0.480 e. The van der Waals surface area contributed by atoms with Crippen molar-refractivity contribution < 1.29 is 19.8 Å². The fraction of sp³-hybridized carbons (Fsp3) is 0.500. The Morgan fingerprint density at radius 3 is 2.75 bits per heavy atom. The van der Waals surface area contributed by atoms with E-state index in [0.29, 0.717) is 12.1 Å². The number of hydrogen-bond donors (Lipinski definition) is 3. The van der Waals surface area contributed by atoms with Crippen LogP contribution in [0.5, 0.6) is 0 Å². The van der Waals surface area contributed by atoms with E-state index in [1.165, 1.54) is 0 Å². The number of aliphatic hydroxyl groups is 1. The second-order valence-corrected chi connectivity index (χ2v) is 3.70. The summed E-state index contributed by atoms with van der Waals surface area (Å²) in [7, 11) is 0. The lowest BCUT2D eigenvalue weighted by Crippen LogP contribution is -2.43. The van der Waals surface area contributed by atoms with Crippen molar-refractivity contribution in [2.24, 2.45) is 0 Å². The number of amides is 1. The summed E-state index contributed by atoms with van der Waals surface area (Å²) in [6, 6.07) is -1.31. The van der Waals surface area contributed by atoms with E-state index in [9.17, 15) is 9.59 Å². The third-order valence-corrected chi connectivity index (χ3v) is 2.65. The summed E-state index contributed by atoms with van der Waals surface area (Å²) in [6.07, 6.45) is 0.538. The number of carbonyl (C=O) groups is 2. The monoisotopic (exact) mass is 245 g/mol. The lowest BCUT2D eigenvalue weighted by Gasteiger charge is -2.10. The zero-order valence-corrected chi connectivity index (χ0v) is 9.32. The van der Waals surface area contributed by atoms with Crippen molar-refractivity contribution in [1.82, 2.24) is 14.9 Å². The van der Waals surface area contributed by atoms with E-state index in [2.05, 4.69) is 14.9 Å². The van der Waals surface area contributed by atoms with Crippen LogP contribution in [0.1, 0.15) is 22.3 Å². The molecule has 3 N–H and O–H groups in total. The lowest BCUT2D eigenvalue weighted by atomic mass is 10.2. The average Bonchev–Trinajstić information content (AvgIpc) is 2.72. The van der Waals surface area contributed by atoms with Crippen LogP contribution in [0.3, 0.4) is 0 Å². The number of aryl methyl sites for hydroxylation is 1. The molecule has 8 heteroatoms. The van der Waals surface area contributed by atoms with Gasteiger partial charge in [0.1, 0.15) is 4.88 Å². The average molecular weight is 245 g/mol. The number of nitrogens with zero attached hydrogens (tertiary/aromatic N) is 2. The Kier molecular flexibility index (Phi) is 4.32. The SMILES string of the molecule is CCc1nnsc1C(=O)N[C@@H](CO)C(=O)O. The summed E-state index contributed by atoms with van der Waals surface area (Å²) < 4.78 is 3.61. The molecule has 0 bridgehead atoms. The zero-order valence-electron chi connectivity index (χ0n) is 8.51. The van der Waals surface area contributed by atoms with Gasteiger partial charge in [0, 0.05) is 0 Å². The van der Waals surface area contributed by atoms with Gasteiger partial charge in [-0.05, 0) is 18.0 Å². The summed E-state index contributed by atoms with van der Waals surface area (Å²) in [5, 5.41) is 23.3. The number of nitrogens with one attached hydrogen (secondary N) is 1. The van der Waals surface area contributed by atoms with Gasteiger partial charge in [0.15, 0.2) is 6.04 Å². The molecule has 1 heterocycles. The van der Waals surface area contributed by atoms with Gasteiger partial charge in [-0.2, -0.15) is 0 Å². The quantitative estimate of drug-likeness (QED) is 0.630. The second kappa shape index (κ2) is 5.52. The predicted molar refractivity (Wildman–Crippen MR) is 55.3 cm³/mol. The molecule has 0 radical (unpaired) electrons. The van der Waals surface area contributed by atoms with Gasteiger partial charge in [-0.1, -0.05) is 11.4 Å². The van der Waals surface area contributed by atoms with Gasteiger partial charge in [0.05, 0.1) is 12.3 Å². The molecular weight excluding hydrogens is 234 g/mol. The number of carboxylic acid groups (broad SMARTS) is 1. The molecule has 16 heavy (non-hydrogen) atoms. The highest BCUT2D eigenvalue weighted by Gasteiger charge is 2.22. The van der Waals surface area contributed by atoms with Crippen LogP contribution in [0, 0.1) is 0 Å². The van der Waals surface area contributed by atoms with Gasteiger partial charge in [-0.3, -0.25) is 4.79 Å². The molecule has 0 unspecified atom stereocenters. The molecule has 0 aliphatic heterocycles. The number of carboxylic acids is 1. The van der Waals surface area contributed by atoms with Crippen molar-refractivity contribution in [3.63, 3.8) is 0 Å². The van der Waals surface area contributed by atoms with E-state index >= 15 is 0 Å². The van der Waals surface area contributed by atoms with Crippen LogP contribution < -0.4 is 5.32 Å². The molecule has 7 nitrogen and oxygen atoms in total. The standard InChI is InChI=1S/C8H11N3O4S/c1-2-4-6(16-11-10-4)7(13)9-5(3-12)8(14)15/h5,12H,2-3H2,1H3,(H,9,13)(H,14,15)/t5-/m0/s1. The van der Waals surface area contributed by atoms with Gasteiger partial charge in [-0.15, -0.1) is 5.10 Å². The van der Waals surface area contributed by atoms with Crippen LogP contribution in [-0.2, 0) is 11.2 Å². The Labute approximate surface area is 95.3 Å². The summed E-state index contributed by atoms with van der Waals surface area (Å²) in [5.41, 5.74) is 0.518. The third-order valence-electron chi connectivity index (χ3n) is 1.88.